The van der Waals surface area contributed by atoms with Crippen LogP contribution >= 0.6 is 23.1 Å². The average molecular weight is 256 g/mol. The third kappa shape index (κ3) is 4.95. The summed E-state index contributed by atoms with van der Waals surface area (Å²) in [5, 5.41) is 22.6. The Morgan fingerprint density at radius 3 is 3.25 bits per heavy atom. The predicted octanol–water partition coefficient (Wildman–Crippen LogP) is 0.417. The maximum atomic E-state index is 8.39. The van der Waals surface area contributed by atoms with E-state index in [0.717, 1.165) is 23.1 Å². The first-order valence-electron chi connectivity index (χ1n) is 4.55. The smallest absolute Gasteiger partial charge is 0.204 e. The number of nitrogens with zero attached hydrogens (tertiary/aromatic N) is 4. The lowest BCUT2D eigenvalue weighted by Gasteiger charge is -2.05. The molecule has 16 heavy (non-hydrogen) atoms. The lowest BCUT2D eigenvalue weighted by molar-refractivity contribution is 0.930. The first-order chi connectivity index (χ1) is 7.86. The molecule has 0 radical (unpaired) electrons. The molecule has 0 atom stereocenters. The van der Waals surface area contributed by atoms with Gasteiger partial charge in [0, 0.05) is 25.1 Å². The molecule has 0 aliphatic carbocycles. The van der Waals surface area contributed by atoms with Crippen LogP contribution < -0.4 is 10.6 Å². The molecule has 0 amide bonds. The summed E-state index contributed by atoms with van der Waals surface area (Å²) in [6, 6.07) is 0. The summed E-state index contributed by atoms with van der Waals surface area (Å²) in [6.07, 6.45) is 1.82. The van der Waals surface area contributed by atoms with E-state index in [4.69, 9.17) is 5.26 Å². The van der Waals surface area contributed by atoms with Crippen molar-refractivity contribution in [2.45, 2.75) is 5.75 Å². The summed E-state index contributed by atoms with van der Waals surface area (Å²) in [6.45, 7) is 0.755. The van der Waals surface area contributed by atoms with Gasteiger partial charge >= 0.3 is 0 Å². The van der Waals surface area contributed by atoms with Gasteiger partial charge in [-0.3, -0.25) is 10.3 Å². The third-order valence-electron chi connectivity index (χ3n) is 1.57. The molecular weight excluding hydrogens is 244 g/mol. The number of nitriles is 1. The molecule has 1 aromatic rings. The number of guanidine groups is 1. The van der Waals surface area contributed by atoms with Crippen molar-refractivity contribution in [3.8, 4) is 6.19 Å². The minimum atomic E-state index is 0.499. The zero-order valence-corrected chi connectivity index (χ0v) is 10.4. The highest BCUT2D eigenvalue weighted by molar-refractivity contribution is 7.98. The van der Waals surface area contributed by atoms with Crippen LogP contribution in [0.4, 0.5) is 0 Å². The monoisotopic (exact) mass is 256 g/mol. The van der Waals surface area contributed by atoms with Gasteiger partial charge in [0.05, 0.1) is 0 Å². The second-order valence-corrected chi connectivity index (χ2v) is 4.64. The van der Waals surface area contributed by atoms with E-state index in [1.165, 1.54) is 0 Å². The molecule has 0 spiro atoms. The van der Waals surface area contributed by atoms with Gasteiger partial charge in [0.15, 0.2) is 6.19 Å². The van der Waals surface area contributed by atoms with E-state index in [2.05, 4.69) is 25.8 Å². The molecule has 8 heteroatoms. The zero-order valence-electron chi connectivity index (χ0n) is 8.80. The maximum Gasteiger partial charge on any atom is 0.204 e. The molecule has 0 aliphatic rings. The van der Waals surface area contributed by atoms with Gasteiger partial charge in [0.25, 0.3) is 0 Å². The van der Waals surface area contributed by atoms with Gasteiger partial charge in [0.2, 0.25) is 5.96 Å². The molecule has 0 unspecified atom stereocenters. The Balaban J connectivity index is 2.06. The van der Waals surface area contributed by atoms with Crippen LogP contribution in [-0.4, -0.2) is 35.5 Å². The van der Waals surface area contributed by atoms with Crippen molar-refractivity contribution < 1.29 is 0 Å². The number of hydrogen-bond donors (Lipinski definition) is 2. The fraction of sp³-hybridized carbons (Fsp3) is 0.500. The standard InChI is InChI=1S/C8H12N6S2/c1-10-8(12-5-9)11-2-3-15-4-7-14-13-6-16-7/h6H,2-4H2,1H3,(H2,10,11,12). The summed E-state index contributed by atoms with van der Waals surface area (Å²) < 4.78 is 0. The number of rotatable bonds is 5. The molecule has 0 aromatic carbocycles. The topological polar surface area (TPSA) is 86.0 Å². The van der Waals surface area contributed by atoms with Gasteiger partial charge in [-0.15, -0.1) is 21.5 Å². The lowest BCUT2D eigenvalue weighted by Crippen LogP contribution is -2.35. The van der Waals surface area contributed by atoms with Crippen molar-refractivity contribution in [2.24, 2.45) is 4.99 Å². The fourth-order valence-electron chi connectivity index (χ4n) is 0.892. The Bertz CT molecular complexity index is 355. The summed E-state index contributed by atoms with van der Waals surface area (Å²) in [4.78, 5) is 3.87. The molecule has 0 saturated carbocycles. The Hall–Kier alpha value is -1.33. The van der Waals surface area contributed by atoms with Gasteiger partial charge in [0.1, 0.15) is 10.5 Å². The van der Waals surface area contributed by atoms with Crippen LogP contribution in [0.25, 0.3) is 0 Å². The molecule has 2 N–H and O–H groups in total. The number of thioether (sulfide) groups is 1. The third-order valence-corrected chi connectivity index (χ3v) is 3.42. The van der Waals surface area contributed by atoms with Gasteiger partial charge in [-0.1, -0.05) is 0 Å². The Kier molecular flexibility index (Phi) is 6.29. The largest absolute Gasteiger partial charge is 0.355 e. The first kappa shape index (κ1) is 12.7. The van der Waals surface area contributed by atoms with Crippen LogP contribution in [0.5, 0.6) is 0 Å². The van der Waals surface area contributed by atoms with E-state index in [1.54, 1.807) is 35.7 Å². The summed E-state index contributed by atoms with van der Waals surface area (Å²) in [5.41, 5.74) is 1.73. The van der Waals surface area contributed by atoms with Crippen molar-refractivity contribution in [3.05, 3.63) is 10.5 Å². The number of aliphatic imine (C=N–C) groups is 1. The van der Waals surface area contributed by atoms with Crippen molar-refractivity contribution in [1.82, 2.24) is 20.8 Å². The molecule has 6 nitrogen and oxygen atoms in total. The van der Waals surface area contributed by atoms with Crippen molar-refractivity contribution in [1.29, 1.82) is 5.26 Å². The Morgan fingerprint density at radius 1 is 1.75 bits per heavy atom. The SMILES string of the molecule is CN=C(NC#N)NCCSCc1nncs1. The molecule has 86 valence electrons. The van der Waals surface area contributed by atoms with Crippen LogP contribution in [0.2, 0.25) is 0 Å². The fourth-order valence-corrected chi connectivity index (χ4v) is 2.35. The molecule has 1 heterocycles. The molecule has 0 bridgehead atoms. The van der Waals surface area contributed by atoms with Crippen molar-refractivity contribution in [3.63, 3.8) is 0 Å². The van der Waals surface area contributed by atoms with Crippen LogP contribution in [0.3, 0.4) is 0 Å². The van der Waals surface area contributed by atoms with Crippen LogP contribution in [0.1, 0.15) is 5.01 Å². The lowest BCUT2D eigenvalue weighted by atomic mass is 10.7. The van der Waals surface area contributed by atoms with Gasteiger partial charge < -0.3 is 5.32 Å². The highest BCUT2D eigenvalue weighted by Crippen LogP contribution is 2.11. The van der Waals surface area contributed by atoms with Gasteiger partial charge in [-0.05, 0) is 0 Å². The van der Waals surface area contributed by atoms with E-state index < -0.39 is 0 Å². The number of nitrogens with one attached hydrogen (secondary N) is 2. The number of hydrogen-bond acceptors (Lipinski definition) is 6. The Morgan fingerprint density at radius 2 is 2.62 bits per heavy atom. The van der Waals surface area contributed by atoms with E-state index in [0.29, 0.717) is 5.96 Å². The first-order valence-corrected chi connectivity index (χ1v) is 6.58. The Labute approximate surface area is 102 Å². The minimum absolute atomic E-state index is 0.499. The van der Waals surface area contributed by atoms with E-state index in [-0.39, 0.29) is 0 Å². The van der Waals surface area contributed by atoms with Gasteiger partial charge in [-0.25, -0.2) is 0 Å². The molecule has 0 aliphatic heterocycles. The molecule has 0 saturated heterocycles. The normalized spacial score (nSPS) is 10.9. The second kappa shape index (κ2) is 7.90. The van der Waals surface area contributed by atoms with Crippen LogP contribution in [0, 0.1) is 11.5 Å². The van der Waals surface area contributed by atoms with Gasteiger partial charge in [-0.2, -0.15) is 17.0 Å². The summed E-state index contributed by atoms with van der Waals surface area (Å²) >= 11 is 3.32. The van der Waals surface area contributed by atoms with Crippen molar-refractivity contribution >= 4 is 29.1 Å². The summed E-state index contributed by atoms with van der Waals surface area (Å²) in [7, 11) is 1.63. The molecule has 0 fully saturated rings. The van der Waals surface area contributed by atoms with Crippen LogP contribution in [-0.2, 0) is 5.75 Å². The van der Waals surface area contributed by atoms with Crippen molar-refractivity contribution in [2.75, 3.05) is 19.3 Å². The summed E-state index contributed by atoms with van der Waals surface area (Å²) in [5.74, 6) is 2.29. The second-order valence-electron chi connectivity index (χ2n) is 2.62. The number of aromatic nitrogens is 2. The molecule has 1 aromatic heterocycles. The average Bonchev–Trinajstić information content (AvgIpc) is 2.80. The zero-order chi connectivity index (χ0) is 11.6. The van der Waals surface area contributed by atoms with E-state index >= 15 is 0 Å². The quantitative estimate of drug-likeness (QED) is 0.261. The highest BCUT2D eigenvalue weighted by atomic mass is 32.2. The minimum Gasteiger partial charge on any atom is -0.355 e. The highest BCUT2D eigenvalue weighted by Gasteiger charge is 1.98. The molecular formula is C8H12N6S2. The van der Waals surface area contributed by atoms with E-state index in [9.17, 15) is 0 Å². The predicted molar refractivity (Wildman–Crippen MR) is 66.2 cm³/mol. The van der Waals surface area contributed by atoms with E-state index in [1.807, 2.05) is 6.19 Å². The molecule has 1 rings (SSSR count). The maximum absolute atomic E-state index is 8.39. The van der Waals surface area contributed by atoms with Crippen LogP contribution in [0.15, 0.2) is 10.5 Å².